The molecule has 17 heavy (non-hydrogen) atoms. The molecule has 0 aliphatic heterocycles. The second-order valence-electron chi connectivity index (χ2n) is 4.36. The first-order valence-electron chi connectivity index (χ1n) is 5.75. The predicted molar refractivity (Wildman–Crippen MR) is 73.0 cm³/mol. The van der Waals surface area contributed by atoms with Gasteiger partial charge in [-0.25, -0.2) is 0 Å². The third-order valence-electron chi connectivity index (χ3n) is 2.68. The van der Waals surface area contributed by atoms with Crippen LogP contribution in [-0.2, 0) is 11.2 Å². The Labute approximate surface area is 111 Å². The van der Waals surface area contributed by atoms with Crippen LogP contribution in [-0.4, -0.2) is 31.0 Å². The molecule has 0 fully saturated rings. The van der Waals surface area contributed by atoms with E-state index in [1.807, 2.05) is 24.3 Å². The summed E-state index contributed by atoms with van der Waals surface area (Å²) in [5.41, 5.74) is 5.76. The van der Waals surface area contributed by atoms with E-state index in [0.717, 1.165) is 16.5 Å². The molecule has 3 N–H and O–H groups in total. The highest BCUT2D eigenvalue weighted by atomic mass is 79.9. The lowest BCUT2D eigenvalue weighted by molar-refractivity contribution is -0.0375. The van der Waals surface area contributed by atoms with Crippen LogP contribution >= 0.6 is 15.9 Å². The highest BCUT2D eigenvalue weighted by Crippen LogP contribution is 2.21. The first kappa shape index (κ1) is 14.6. The van der Waals surface area contributed by atoms with Crippen molar-refractivity contribution in [3.63, 3.8) is 0 Å². The molecule has 1 unspecified atom stereocenters. The van der Waals surface area contributed by atoms with E-state index < -0.39 is 5.60 Å². The van der Waals surface area contributed by atoms with Gasteiger partial charge in [0.15, 0.2) is 0 Å². The van der Waals surface area contributed by atoms with Crippen molar-refractivity contribution >= 4 is 15.9 Å². The fraction of sp³-hybridized carbons (Fsp3) is 0.538. The lowest BCUT2D eigenvalue weighted by Gasteiger charge is -2.27. The maximum atomic E-state index is 10.5. The number of nitrogens with two attached hydrogens (primary N) is 1. The monoisotopic (exact) mass is 301 g/mol. The molecule has 96 valence electrons. The average molecular weight is 302 g/mol. The molecule has 3 nitrogen and oxygen atoms in total. The van der Waals surface area contributed by atoms with Gasteiger partial charge < -0.3 is 15.6 Å². The fourth-order valence-electron chi connectivity index (χ4n) is 1.94. The van der Waals surface area contributed by atoms with Crippen molar-refractivity contribution in [3.8, 4) is 0 Å². The largest absolute Gasteiger partial charge is 0.387 e. The van der Waals surface area contributed by atoms with E-state index in [1.165, 1.54) is 0 Å². The van der Waals surface area contributed by atoms with Crippen LogP contribution in [0, 0.1) is 0 Å². The molecule has 4 heteroatoms. The van der Waals surface area contributed by atoms with Crippen LogP contribution in [0.5, 0.6) is 0 Å². The van der Waals surface area contributed by atoms with E-state index in [2.05, 4.69) is 15.9 Å². The summed E-state index contributed by atoms with van der Waals surface area (Å²) in [6.07, 6.45) is 2.04. The Balaban J connectivity index is 2.71. The standard InChI is InChI=1S/C13H20BrNO2/c1-17-10-13(16,6-3-7-15)9-11-4-2-5-12(14)8-11/h2,4-5,8,16H,3,6-7,9-10,15H2,1H3. The molecule has 0 amide bonds. The summed E-state index contributed by atoms with van der Waals surface area (Å²) in [5.74, 6) is 0. The predicted octanol–water partition coefficient (Wildman–Crippen LogP) is 2.11. The molecule has 0 aliphatic rings. The number of halogens is 1. The molecule has 0 radical (unpaired) electrons. The molecule has 0 saturated heterocycles. The molecule has 0 heterocycles. The van der Waals surface area contributed by atoms with Gasteiger partial charge in [0.05, 0.1) is 12.2 Å². The summed E-state index contributed by atoms with van der Waals surface area (Å²) in [7, 11) is 1.61. The summed E-state index contributed by atoms with van der Waals surface area (Å²) in [4.78, 5) is 0. The minimum atomic E-state index is -0.824. The van der Waals surface area contributed by atoms with Crippen LogP contribution in [0.3, 0.4) is 0 Å². The summed E-state index contributed by atoms with van der Waals surface area (Å²) in [6.45, 7) is 0.921. The Morgan fingerprint density at radius 1 is 1.47 bits per heavy atom. The summed E-state index contributed by atoms with van der Waals surface area (Å²) in [5, 5.41) is 10.5. The number of aliphatic hydroxyl groups is 1. The van der Waals surface area contributed by atoms with Crippen molar-refractivity contribution in [2.24, 2.45) is 5.73 Å². The highest BCUT2D eigenvalue weighted by molar-refractivity contribution is 9.10. The molecule has 0 spiro atoms. The number of rotatable bonds is 7. The van der Waals surface area contributed by atoms with Gasteiger partial charge in [0.1, 0.15) is 0 Å². The van der Waals surface area contributed by atoms with Crippen LogP contribution in [0.1, 0.15) is 18.4 Å². The summed E-state index contributed by atoms with van der Waals surface area (Å²) in [6, 6.07) is 7.96. The van der Waals surface area contributed by atoms with Crippen molar-refractivity contribution in [1.82, 2.24) is 0 Å². The van der Waals surface area contributed by atoms with Gasteiger partial charge in [-0.3, -0.25) is 0 Å². The maximum Gasteiger partial charge on any atom is 0.0920 e. The normalized spacial score (nSPS) is 14.6. The lowest BCUT2D eigenvalue weighted by Crippen LogP contribution is -2.37. The van der Waals surface area contributed by atoms with Gasteiger partial charge >= 0.3 is 0 Å². The van der Waals surface area contributed by atoms with Gasteiger partial charge in [0.2, 0.25) is 0 Å². The summed E-state index contributed by atoms with van der Waals surface area (Å²) >= 11 is 3.43. The maximum absolute atomic E-state index is 10.5. The molecule has 1 aromatic rings. The Bertz CT molecular complexity index is 346. The van der Waals surface area contributed by atoms with Gasteiger partial charge in [-0.2, -0.15) is 0 Å². The molecule has 0 bridgehead atoms. The fourth-order valence-corrected chi connectivity index (χ4v) is 2.38. The number of ether oxygens (including phenoxy) is 1. The van der Waals surface area contributed by atoms with E-state index in [9.17, 15) is 5.11 Å². The van der Waals surface area contributed by atoms with Crippen LogP contribution < -0.4 is 5.73 Å². The van der Waals surface area contributed by atoms with Crippen LogP contribution in [0.2, 0.25) is 0 Å². The quantitative estimate of drug-likeness (QED) is 0.811. The van der Waals surface area contributed by atoms with Crippen LogP contribution in [0.15, 0.2) is 28.7 Å². The third kappa shape index (κ3) is 5.17. The minimum Gasteiger partial charge on any atom is -0.387 e. The third-order valence-corrected chi connectivity index (χ3v) is 3.17. The molecule has 1 atom stereocenters. The van der Waals surface area contributed by atoms with E-state index in [0.29, 0.717) is 26.0 Å². The second-order valence-corrected chi connectivity index (χ2v) is 5.27. The lowest BCUT2D eigenvalue weighted by atomic mass is 9.90. The highest BCUT2D eigenvalue weighted by Gasteiger charge is 2.26. The zero-order valence-corrected chi connectivity index (χ0v) is 11.7. The summed E-state index contributed by atoms with van der Waals surface area (Å²) < 4.78 is 6.13. The molecule has 0 saturated carbocycles. The van der Waals surface area contributed by atoms with Gasteiger partial charge in [-0.1, -0.05) is 28.1 Å². The van der Waals surface area contributed by atoms with E-state index in [-0.39, 0.29) is 0 Å². The molecular weight excluding hydrogens is 282 g/mol. The number of benzene rings is 1. The minimum absolute atomic E-state index is 0.333. The topological polar surface area (TPSA) is 55.5 Å². The van der Waals surface area contributed by atoms with Crippen LogP contribution in [0.4, 0.5) is 0 Å². The van der Waals surface area contributed by atoms with E-state index in [1.54, 1.807) is 7.11 Å². The second kappa shape index (κ2) is 7.11. The molecule has 0 aromatic heterocycles. The van der Waals surface area contributed by atoms with E-state index in [4.69, 9.17) is 10.5 Å². The van der Waals surface area contributed by atoms with Gasteiger partial charge in [-0.15, -0.1) is 0 Å². The zero-order valence-electron chi connectivity index (χ0n) is 10.2. The van der Waals surface area contributed by atoms with E-state index >= 15 is 0 Å². The van der Waals surface area contributed by atoms with Gasteiger partial charge in [-0.05, 0) is 37.1 Å². The Morgan fingerprint density at radius 2 is 2.24 bits per heavy atom. The van der Waals surface area contributed by atoms with Crippen molar-refractivity contribution < 1.29 is 9.84 Å². The van der Waals surface area contributed by atoms with Crippen LogP contribution in [0.25, 0.3) is 0 Å². The molecular formula is C13H20BrNO2. The zero-order chi connectivity index (χ0) is 12.7. The van der Waals surface area contributed by atoms with Crippen molar-refractivity contribution in [2.75, 3.05) is 20.3 Å². The number of hydrogen-bond donors (Lipinski definition) is 2. The van der Waals surface area contributed by atoms with Crippen molar-refractivity contribution in [1.29, 1.82) is 0 Å². The molecule has 0 aliphatic carbocycles. The van der Waals surface area contributed by atoms with Gasteiger partial charge in [0.25, 0.3) is 0 Å². The van der Waals surface area contributed by atoms with Crippen molar-refractivity contribution in [2.45, 2.75) is 24.9 Å². The SMILES string of the molecule is COCC(O)(CCCN)Cc1cccc(Br)c1. The number of methoxy groups -OCH3 is 1. The Hall–Kier alpha value is -0.420. The Morgan fingerprint density at radius 3 is 2.82 bits per heavy atom. The molecule has 1 rings (SSSR count). The Kier molecular flexibility index (Phi) is 6.12. The first-order valence-corrected chi connectivity index (χ1v) is 6.55. The van der Waals surface area contributed by atoms with Gasteiger partial charge in [0, 0.05) is 18.0 Å². The average Bonchev–Trinajstić information content (AvgIpc) is 2.27. The smallest absolute Gasteiger partial charge is 0.0920 e. The first-order chi connectivity index (χ1) is 8.09. The molecule has 1 aromatic carbocycles. The van der Waals surface area contributed by atoms with Crippen molar-refractivity contribution in [3.05, 3.63) is 34.3 Å². The number of hydrogen-bond acceptors (Lipinski definition) is 3.